The predicted octanol–water partition coefficient (Wildman–Crippen LogP) is 1.57. The molecule has 1 aromatic rings. The van der Waals surface area contributed by atoms with Gasteiger partial charge in [0.25, 0.3) is 0 Å². The van der Waals surface area contributed by atoms with Crippen LogP contribution in [-0.4, -0.2) is 19.2 Å². The molecule has 0 spiro atoms. The van der Waals surface area contributed by atoms with Gasteiger partial charge in [-0.05, 0) is 6.07 Å². The maximum absolute atomic E-state index is 5.20. The van der Waals surface area contributed by atoms with E-state index in [0.717, 1.165) is 11.3 Å². The standard InChI is InChI=1S/C9H11NO2/c1-10-9(12-10)7-5-3-4-6-8(7)11-2/h3-6,9H,1-2H3. The van der Waals surface area contributed by atoms with Crippen LogP contribution in [0.2, 0.25) is 0 Å². The molecule has 3 heteroatoms. The van der Waals surface area contributed by atoms with Gasteiger partial charge < -0.3 is 4.74 Å². The quantitative estimate of drug-likeness (QED) is 0.622. The number of nitrogens with zero attached hydrogens (tertiary/aromatic N) is 1. The average Bonchev–Trinajstić information content (AvgIpc) is 2.83. The van der Waals surface area contributed by atoms with Crippen molar-refractivity contribution in [2.24, 2.45) is 0 Å². The molecule has 2 atom stereocenters. The van der Waals surface area contributed by atoms with Crippen LogP contribution in [0.15, 0.2) is 24.3 Å². The first-order chi connectivity index (χ1) is 5.83. The molecular formula is C9H11NO2. The summed E-state index contributed by atoms with van der Waals surface area (Å²) in [6, 6.07) is 7.87. The van der Waals surface area contributed by atoms with E-state index < -0.39 is 0 Å². The Morgan fingerprint density at radius 1 is 1.42 bits per heavy atom. The van der Waals surface area contributed by atoms with E-state index in [9.17, 15) is 0 Å². The monoisotopic (exact) mass is 165 g/mol. The van der Waals surface area contributed by atoms with Crippen LogP contribution in [-0.2, 0) is 4.84 Å². The number of benzene rings is 1. The largest absolute Gasteiger partial charge is 0.496 e. The second kappa shape index (κ2) is 2.77. The van der Waals surface area contributed by atoms with Gasteiger partial charge in [-0.25, -0.2) is 0 Å². The molecule has 1 aliphatic heterocycles. The molecule has 0 N–H and O–H groups in total. The summed E-state index contributed by atoms with van der Waals surface area (Å²) in [6.45, 7) is 0. The van der Waals surface area contributed by atoms with Crippen molar-refractivity contribution in [1.29, 1.82) is 0 Å². The molecule has 0 amide bonds. The molecule has 1 aromatic carbocycles. The Kier molecular flexibility index (Phi) is 1.75. The van der Waals surface area contributed by atoms with Crippen molar-refractivity contribution in [2.75, 3.05) is 14.2 Å². The van der Waals surface area contributed by atoms with E-state index in [-0.39, 0.29) is 6.23 Å². The van der Waals surface area contributed by atoms with Crippen LogP contribution in [0.1, 0.15) is 11.8 Å². The first kappa shape index (κ1) is 7.58. The van der Waals surface area contributed by atoms with Crippen molar-refractivity contribution >= 4 is 0 Å². The fourth-order valence-electron chi connectivity index (χ4n) is 1.25. The Labute approximate surface area is 71.5 Å². The lowest BCUT2D eigenvalue weighted by Gasteiger charge is -2.03. The van der Waals surface area contributed by atoms with Crippen LogP contribution in [0.3, 0.4) is 0 Å². The zero-order chi connectivity index (χ0) is 8.55. The molecule has 1 heterocycles. The molecule has 0 bridgehead atoms. The first-order valence-electron chi connectivity index (χ1n) is 3.85. The van der Waals surface area contributed by atoms with Gasteiger partial charge in [-0.2, -0.15) is 5.06 Å². The second-order valence-corrected chi connectivity index (χ2v) is 2.75. The van der Waals surface area contributed by atoms with Crippen LogP contribution >= 0.6 is 0 Å². The minimum Gasteiger partial charge on any atom is -0.496 e. The molecule has 0 saturated carbocycles. The number of methoxy groups -OCH3 is 1. The Balaban J connectivity index is 2.29. The van der Waals surface area contributed by atoms with Crippen LogP contribution in [0.5, 0.6) is 5.75 Å². The smallest absolute Gasteiger partial charge is 0.183 e. The number of hydroxylamine groups is 2. The van der Waals surface area contributed by atoms with E-state index >= 15 is 0 Å². The zero-order valence-electron chi connectivity index (χ0n) is 7.15. The Morgan fingerprint density at radius 3 is 2.67 bits per heavy atom. The number of hydrogen-bond donors (Lipinski definition) is 0. The average molecular weight is 165 g/mol. The summed E-state index contributed by atoms with van der Waals surface area (Å²) in [5.41, 5.74) is 1.09. The van der Waals surface area contributed by atoms with Gasteiger partial charge in [0.2, 0.25) is 0 Å². The van der Waals surface area contributed by atoms with Gasteiger partial charge >= 0.3 is 0 Å². The molecule has 64 valence electrons. The first-order valence-corrected chi connectivity index (χ1v) is 3.85. The lowest BCUT2D eigenvalue weighted by Crippen LogP contribution is -1.92. The van der Waals surface area contributed by atoms with Crippen LogP contribution in [0.4, 0.5) is 0 Å². The van der Waals surface area contributed by atoms with Gasteiger partial charge in [-0.3, -0.25) is 4.84 Å². The summed E-state index contributed by atoms with van der Waals surface area (Å²) in [5, 5.41) is 1.79. The molecule has 1 fully saturated rings. The third-order valence-electron chi connectivity index (χ3n) is 1.96. The Hall–Kier alpha value is -1.06. The van der Waals surface area contributed by atoms with Crippen molar-refractivity contribution < 1.29 is 9.57 Å². The lowest BCUT2D eigenvalue weighted by molar-refractivity contribution is 0.233. The van der Waals surface area contributed by atoms with E-state index in [2.05, 4.69) is 0 Å². The minimum atomic E-state index is 0.0844. The SMILES string of the molecule is COc1ccccc1C1ON1C. The van der Waals surface area contributed by atoms with Gasteiger partial charge in [0, 0.05) is 12.6 Å². The van der Waals surface area contributed by atoms with E-state index in [1.54, 1.807) is 12.2 Å². The lowest BCUT2D eigenvalue weighted by atomic mass is 10.2. The highest BCUT2D eigenvalue weighted by molar-refractivity contribution is 5.35. The van der Waals surface area contributed by atoms with Crippen LogP contribution in [0, 0.1) is 0 Å². The van der Waals surface area contributed by atoms with E-state index in [0.29, 0.717) is 0 Å². The fourth-order valence-corrected chi connectivity index (χ4v) is 1.25. The van der Waals surface area contributed by atoms with Gasteiger partial charge in [0.1, 0.15) is 5.75 Å². The fraction of sp³-hybridized carbons (Fsp3) is 0.333. The molecule has 2 rings (SSSR count). The highest BCUT2D eigenvalue weighted by atomic mass is 16.8. The number of hydrogen-bond acceptors (Lipinski definition) is 3. The molecule has 0 aliphatic carbocycles. The minimum absolute atomic E-state index is 0.0844. The van der Waals surface area contributed by atoms with Crippen molar-refractivity contribution in [3.8, 4) is 5.75 Å². The summed E-state index contributed by atoms with van der Waals surface area (Å²) in [5.74, 6) is 0.881. The highest BCUT2D eigenvalue weighted by Crippen LogP contribution is 2.39. The van der Waals surface area contributed by atoms with Crippen LogP contribution < -0.4 is 4.74 Å². The summed E-state index contributed by atoms with van der Waals surface area (Å²) < 4.78 is 5.19. The molecule has 0 radical (unpaired) electrons. The molecule has 3 nitrogen and oxygen atoms in total. The maximum Gasteiger partial charge on any atom is 0.183 e. The Morgan fingerprint density at radius 2 is 2.08 bits per heavy atom. The topological polar surface area (TPSA) is 24.8 Å². The van der Waals surface area contributed by atoms with Gasteiger partial charge in [-0.1, -0.05) is 18.2 Å². The van der Waals surface area contributed by atoms with Gasteiger partial charge in [0.05, 0.1) is 7.11 Å². The molecule has 1 aliphatic rings. The zero-order valence-corrected chi connectivity index (χ0v) is 7.15. The van der Waals surface area contributed by atoms with Crippen molar-refractivity contribution in [3.63, 3.8) is 0 Å². The number of rotatable bonds is 2. The van der Waals surface area contributed by atoms with Crippen LogP contribution in [0.25, 0.3) is 0 Å². The van der Waals surface area contributed by atoms with Gasteiger partial charge in [0.15, 0.2) is 6.23 Å². The maximum atomic E-state index is 5.20. The van der Waals surface area contributed by atoms with Gasteiger partial charge in [-0.15, -0.1) is 0 Å². The van der Waals surface area contributed by atoms with E-state index in [1.165, 1.54) is 0 Å². The molecule has 1 saturated heterocycles. The summed E-state index contributed by atoms with van der Waals surface area (Å²) in [4.78, 5) is 5.20. The molecular weight excluding hydrogens is 154 g/mol. The molecule has 12 heavy (non-hydrogen) atoms. The molecule has 0 aromatic heterocycles. The van der Waals surface area contributed by atoms with Crippen molar-refractivity contribution in [1.82, 2.24) is 5.06 Å². The van der Waals surface area contributed by atoms with E-state index in [4.69, 9.17) is 9.57 Å². The number of ether oxygens (including phenoxy) is 1. The second-order valence-electron chi connectivity index (χ2n) is 2.75. The summed E-state index contributed by atoms with van der Waals surface area (Å²) >= 11 is 0. The number of para-hydroxylation sites is 1. The highest BCUT2D eigenvalue weighted by Gasteiger charge is 2.35. The van der Waals surface area contributed by atoms with E-state index in [1.807, 2.05) is 31.3 Å². The third kappa shape index (κ3) is 1.17. The summed E-state index contributed by atoms with van der Waals surface area (Å²) in [6.07, 6.45) is 0.0844. The predicted molar refractivity (Wildman–Crippen MR) is 44.6 cm³/mol. The van der Waals surface area contributed by atoms with Crippen molar-refractivity contribution in [2.45, 2.75) is 6.23 Å². The summed E-state index contributed by atoms with van der Waals surface area (Å²) in [7, 11) is 3.57. The molecule has 2 unspecified atom stereocenters. The third-order valence-corrected chi connectivity index (χ3v) is 1.96. The van der Waals surface area contributed by atoms with Crippen molar-refractivity contribution in [3.05, 3.63) is 29.8 Å². The normalized spacial score (nSPS) is 26.8. The Bertz CT molecular complexity index is 288.